The maximum absolute atomic E-state index is 11.4. The van der Waals surface area contributed by atoms with Crippen LogP contribution in [0.3, 0.4) is 0 Å². The molecule has 0 aromatic carbocycles. The second kappa shape index (κ2) is 7.96. The fourth-order valence-corrected chi connectivity index (χ4v) is 3.03. The molecular formula is C14H23N2O8P. The predicted molar refractivity (Wildman–Crippen MR) is 85.7 cm³/mol. The lowest BCUT2D eigenvalue weighted by Gasteiger charge is -2.34. The van der Waals surface area contributed by atoms with Crippen molar-refractivity contribution in [1.29, 1.82) is 0 Å². The summed E-state index contributed by atoms with van der Waals surface area (Å²) < 4.78 is 32.8. The maximum Gasteiger partial charge on any atom is 0.469 e. The molecule has 2 rings (SSSR count). The summed E-state index contributed by atoms with van der Waals surface area (Å²) in [6, 6.07) is 0. The molecule has 1 amide bonds. The van der Waals surface area contributed by atoms with Gasteiger partial charge in [0, 0.05) is 19.4 Å². The van der Waals surface area contributed by atoms with E-state index in [1.807, 2.05) is 13.8 Å². The standard InChI is InChI=1S/C14H23N2O8P/c1-8(2)23-12-10(7-22-25(18,19)20)24-14(13(12)21-4)16-6-5-11(17)15-9(16)3/h5-6,8,10,12-14H,3,7H2,1-2,4H3,(H,15,17)(H2,18,19,20)/t10-,12+,13?,14-/m1/s1. The van der Waals surface area contributed by atoms with E-state index in [0.717, 1.165) is 0 Å². The van der Waals surface area contributed by atoms with Crippen molar-refractivity contribution in [3.63, 3.8) is 0 Å². The van der Waals surface area contributed by atoms with Gasteiger partial charge in [0.25, 0.3) is 5.91 Å². The zero-order chi connectivity index (χ0) is 18.8. The Kier molecular flexibility index (Phi) is 6.39. The summed E-state index contributed by atoms with van der Waals surface area (Å²) in [4.78, 5) is 30.8. The second-order valence-electron chi connectivity index (χ2n) is 5.86. The zero-order valence-corrected chi connectivity index (χ0v) is 15.1. The van der Waals surface area contributed by atoms with Crippen LogP contribution in [0.4, 0.5) is 0 Å². The van der Waals surface area contributed by atoms with Crippen LogP contribution in [0, 0.1) is 0 Å². The Balaban J connectivity index is 2.22. The van der Waals surface area contributed by atoms with Gasteiger partial charge in [-0.1, -0.05) is 6.58 Å². The van der Waals surface area contributed by atoms with Gasteiger partial charge in [-0.25, -0.2) is 4.57 Å². The van der Waals surface area contributed by atoms with E-state index in [0.29, 0.717) is 5.82 Å². The van der Waals surface area contributed by atoms with Gasteiger partial charge in [0.15, 0.2) is 6.23 Å². The molecule has 11 heteroatoms. The lowest BCUT2D eigenvalue weighted by molar-refractivity contribution is -0.118. The fraction of sp³-hybridized carbons (Fsp3) is 0.643. The molecule has 0 aliphatic carbocycles. The van der Waals surface area contributed by atoms with Crippen LogP contribution in [0.1, 0.15) is 13.8 Å². The van der Waals surface area contributed by atoms with Crippen LogP contribution in [-0.4, -0.2) is 65.0 Å². The summed E-state index contributed by atoms with van der Waals surface area (Å²) in [5, 5.41) is 2.55. The van der Waals surface area contributed by atoms with Gasteiger partial charge in [-0.15, -0.1) is 0 Å². The minimum atomic E-state index is -4.66. The molecule has 0 saturated carbocycles. The van der Waals surface area contributed by atoms with Crippen molar-refractivity contribution in [2.75, 3.05) is 13.7 Å². The zero-order valence-electron chi connectivity index (χ0n) is 14.2. The van der Waals surface area contributed by atoms with Gasteiger partial charge in [0.1, 0.15) is 24.1 Å². The second-order valence-corrected chi connectivity index (χ2v) is 7.10. The summed E-state index contributed by atoms with van der Waals surface area (Å²) in [5.74, 6) is -0.0241. The first-order valence-corrected chi connectivity index (χ1v) is 9.15. The molecule has 0 bridgehead atoms. The number of amides is 1. The number of nitrogens with one attached hydrogen (secondary N) is 1. The van der Waals surface area contributed by atoms with Crippen molar-refractivity contribution in [2.45, 2.75) is 44.5 Å². The number of hydrogen-bond acceptors (Lipinski definition) is 7. The minimum Gasteiger partial charge on any atom is -0.374 e. The van der Waals surface area contributed by atoms with Gasteiger partial charge >= 0.3 is 7.82 Å². The monoisotopic (exact) mass is 378 g/mol. The highest BCUT2D eigenvalue weighted by molar-refractivity contribution is 7.46. The van der Waals surface area contributed by atoms with Crippen molar-refractivity contribution in [3.05, 3.63) is 24.7 Å². The van der Waals surface area contributed by atoms with Crippen molar-refractivity contribution in [2.24, 2.45) is 0 Å². The number of carbonyl (C=O) groups excluding carboxylic acids is 1. The Hall–Kier alpha value is -1.26. The third-order valence-electron chi connectivity index (χ3n) is 3.63. The van der Waals surface area contributed by atoms with Gasteiger partial charge in [0.05, 0.1) is 12.7 Å². The quantitative estimate of drug-likeness (QED) is 0.527. The van der Waals surface area contributed by atoms with E-state index in [1.165, 1.54) is 19.4 Å². The largest absolute Gasteiger partial charge is 0.469 e. The van der Waals surface area contributed by atoms with E-state index in [9.17, 15) is 9.36 Å². The van der Waals surface area contributed by atoms with E-state index < -0.39 is 32.4 Å². The van der Waals surface area contributed by atoms with Crippen LogP contribution in [0.25, 0.3) is 0 Å². The molecule has 10 nitrogen and oxygen atoms in total. The Labute approximate surface area is 145 Å². The molecule has 3 N–H and O–H groups in total. The van der Waals surface area contributed by atoms with E-state index in [-0.39, 0.29) is 18.6 Å². The van der Waals surface area contributed by atoms with Crippen molar-refractivity contribution < 1.29 is 37.9 Å². The van der Waals surface area contributed by atoms with E-state index in [2.05, 4.69) is 16.4 Å². The van der Waals surface area contributed by atoms with Gasteiger partial charge in [0.2, 0.25) is 0 Å². The normalized spacial score (nSPS) is 30.2. The molecule has 0 spiro atoms. The molecule has 1 saturated heterocycles. The molecular weight excluding hydrogens is 355 g/mol. The van der Waals surface area contributed by atoms with Gasteiger partial charge in [-0.3, -0.25) is 9.32 Å². The average Bonchev–Trinajstić information content (AvgIpc) is 2.81. The minimum absolute atomic E-state index is 0.178. The number of carbonyl (C=O) groups is 1. The van der Waals surface area contributed by atoms with Crippen LogP contribution in [0.5, 0.6) is 0 Å². The van der Waals surface area contributed by atoms with Gasteiger partial charge in [-0.05, 0) is 13.8 Å². The van der Waals surface area contributed by atoms with Crippen LogP contribution in [-0.2, 0) is 28.1 Å². The highest BCUT2D eigenvalue weighted by Crippen LogP contribution is 2.38. The lowest BCUT2D eigenvalue weighted by Crippen LogP contribution is -2.48. The highest BCUT2D eigenvalue weighted by Gasteiger charge is 2.49. The summed E-state index contributed by atoms with van der Waals surface area (Å²) in [7, 11) is -3.19. The average molecular weight is 378 g/mol. The summed E-state index contributed by atoms with van der Waals surface area (Å²) in [6.45, 7) is 7.03. The predicted octanol–water partition coefficient (Wildman–Crippen LogP) is 0.0459. The molecule has 0 radical (unpaired) electrons. The van der Waals surface area contributed by atoms with Crippen LogP contribution < -0.4 is 5.32 Å². The fourth-order valence-electron chi connectivity index (χ4n) is 2.69. The first-order valence-electron chi connectivity index (χ1n) is 7.62. The maximum atomic E-state index is 11.4. The number of nitrogens with zero attached hydrogens (tertiary/aromatic N) is 1. The number of rotatable bonds is 7. The number of phosphoric ester groups is 1. The molecule has 0 aromatic heterocycles. The van der Waals surface area contributed by atoms with Crippen LogP contribution in [0.2, 0.25) is 0 Å². The van der Waals surface area contributed by atoms with E-state index in [1.54, 1.807) is 4.90 Å². The van der Waals surface area contributed by atoms with E-state index in [4.69, 9.17) is 24.0 Å². The lowest BCUT2D eigenvalue weighted by atomic mass is 10.1. The molecule has 2 aliphatic rings. The topological polar surface area (TPSA) is 127 Å². The summed E-state index contributed by atoms with van der Waals surface area (Å²) in [6.07, 6.45) is -0.127. The van der Waals surface area contributed by atoms with Crippen molar-refractivity contribution in [1.82, 2.24) is 10.2 Å². The summed E-state index contributed by atoms with van der Waals surface area (Å²) in [5.41, 5.74) is 0. The van der Waals surface area contributed by atoms with Crippen molar-refractivity contribution in [3.8, 4) is 0 Å². The smallest absolute Gasteiger partial charge is 0.374 e. The number of methoxy groups -OCH3 is 1. The van der Waals surface area contributed by atoms with Crippen LogP contribution >= 0.6 is 7.82 Å². The molecule has 2 aliphatic heterocycles. The molecule has 25 heavy (non-hydrogen) atoms. The first kappa shape index (κ1) is 20.1. The Bertz CT molecular complexity index is 589. The Morgan fingerprint density at radius 2 is 2.12 bits per heavy atom. The molecule has 1 fully saturated rings. The Morgan fingerprint density at radius 1 is 1.44 bits per heavy atom. The third kappa shape index (κ3) is 5.11. The molecule has 142 valence electrons. The number of hydrogen-bond donors (Lipinski definition) is 3. The number of ether oxygens (including phenoxy) is 3. The van der Waals surface area contributed by atoms with Gasteiger partial charge in [-0.2, -0.15) is 0 Å². The highest BCUT2D eigenvalue weighted by atomic mass is 31.2. The van der Waals surface area contributed by atoms with Gasteiger partial charge < -0.3 is 34.2 Å². The molecule has 0 aromatic rings. The number of phosphoric acid groups is 1. The molecule has 1 unspecified atom stereocenters. The Morgan fingerprint density at radius 3 is 2.64 bits per heavy atom. The first-order chi connectivity index (χ1) is 11.6. The molecule has 2 heterocycles. The van der Waals surface area contributed by atoms with Crippen LogP contribution in [0.15, 0.2) is 24.7 Å². The van der Waals surface area contributed by atoms with E-state index >= 15 is 0 Å². The third-order valence-corrected chi connectivity index (χ3v) is 4.12. The van der Waals surface area contributed by atoms with Crippen molar-refractivity contribution >= 4 is 13.7 Å². The molecule has 4 atom stereocenters. The SMILES string of the molecule is C=C1NC(=O)C=CN1[C@@H]1O[C@H](COP(=O)(O)O)[C@H](OC(C)C)C1OC. The summed E-state index contributed by atoms with van der Waals surface area (Å²) >= 11 is 0.